The lowest BCUT2D eigenvalue weighted by Crippen LogP contribution is -2.41. The van der Waals surface area contributed by atoms with E-state index in [0.717, 1.165) is 24.7 Å². The summed E-state index contributed by atoms with van der Waals surface area (Å²) in [5.74, 6) is -0.0156. The van der Waals surface area contributed by atoms with Crippen molar-refractivity contribution in [2.75, 3.05) is 6.54 Å². The van der Waals surface area contributed by atoms with Gasteiger partial charge in [-0.1, -0.05) is 83.6 Å². The summed E-state index contributed by atoms with van der Waals surface area (Å²) in [6.07, 6.45) is 6.34. The van der Waals surface area contributed by atoms with E-state index in [4.69, 9.17) is 18.8 Å². The van der Waals surface area contributed by atoms with Crippen molar-refractivity contribution < 1.29 is 33.3 Å². The molecule has 1 heterocycles. The Bertz CT molecular complexity index is 1170. The SMILES string of the molecule is CC.CCCCCCCCCC(=O)NCC(OC(=O)Oc1ccc([N+](=O)[O-])cc1)c1ccc(B2OC(C)(C)C(C)(C)O2)cc1. The molecule has 0 aromatic heterocycles. The molecular weight excluding hydrogens is 563 g/mol. The number of nitrogens with one attached hydrogen (secondary N) is 1. The molecule has 242 valence electrons. The third-order valence-electron chi connectivity index (χ3n) is 7.81. The van der Waals surface area contributed by atoms with Crippen molar-refractivity contribution in [3.63, 3.8) is 0 Å². The molecule has 1 fully saturated rings. The minimum Gasteiger partial charge on any atom is -0.424 e. The van der Waals surface area contributed by atoms with E-state index in [1.807, 2.05) is 53.7 Å². The van der Waals surface area contributed by atoms with E-state index in [9.17, 15) is 19.7 Å². The Labute approximate surface area is 262 Å². The zero-order valence-corrected chi connectivity index (χ0v) is 27.4. The van der Waals surface area contributed by atoms with E-state index in [2.05, 4.69) is 12.2 Å². The second-order valence-corrected chi connectivity index (χ2v) is 11.6. The quantitative estimate of drug-likeness (QED) is 0.0550. The van der Waals surface area contributed by atoms with Crippen molar-refractivity contribution in [2.45, 2.75) is 117 Å². The molecule has 1 amide bonds. The molecule has 2 aromatic carbocycles. The Kier molecular flexibility index (Phi) is 14.8. The predicted molar refractivity (Wildman–Crippen MR) is 172 cm³/mol. The number of ether oxygens (including phenoxy) is 2. The fraction of sp³-hybridized carbons (Fsp3) is 0.576. The van der Waals surface area contributed by atoms with Gasteiger partial charge in [0.05, 0.1) is 22.7 Å². The molecule has 0 bridgehead atoms. The second kappa shape index (κ2) is 17.8. The van der Waals surface area contributed by atoms with Gasteiger partial charge in [0.15, 0.2) is 0 Å². The van der Waals surface area contributed by atoms with Gasteiger partial charge in [0.2, 0.25) is 5.91 Å². The van der Waals surface area contributed by atoms with Gasteiger partial charge in [-0.05, 0) is 57.3 Å². The standard InChI is InChI=1S/C31H43BN2O8.C2H6/c1-6-7-8-9-10-11-12-13-28(35)33-22-27(40-29(36)39-26-20-18-25(19-21-26)34(37)38)23-14-16-24(17-15-23)32-41-30(2,3)31(4,5)42-32;1-2/h14-21,27H,6-13,22H2,1-5H3,(H,33,35);1-2H3. The Hall–Kier alpha value is -3.44. The third-order valence-corrected chi connectivity index (χ3v) is 7.81. The van der Waals surface area contributed by atoms with Crippen LogP contribution in [0.1, 0.15) is 112 Å². The summed E-state index contributed by atoms with van der Waals surface area (Å²) >= 11 is 0. The predicted octanol–water partition coefficient (Wildman–Crippen LogP) is 7.43. The number of unbranched alkanes of at least 4 members (excludes halogenated alkanes) is 6. The molecular formula is C33H49BN2O8. The molecule has 1 aliphatic rings. The van der Waals surface area contributed by atoms with Crippen molar-refractivity contribution in [1.29, 1.82) is 0 Å². The highest BCUT2D eigenvalue weighted by Gasteiger charge is 2.51. The lowest BCUT2D eigenvalue weighted by molar-refractivity contribution is -0.384. The maximum absolute atomic E-state index is 12.7. The van der Waals surface area contributed by atoms with Crippen LogP contribution >= 0.6 is 0 Å². The van der Waals surface area contributed by atoms with E-state index < -0.39 is 35.5 Å². The van der Waals surface area contributed by atoms with E-state index in [1.165, 1.54) is 49.9 Å². The minimum atomic E-state index is -0.995. The molecule has 44 heavy (non-hydrogen) atoms. The van der Waals surface area contributed by atoms with Crippen molar-refractivity contribution in [2.24, 2.45) is 0 Å². The molecule has 3 rings (SSSR count). The van der Waals surface area contributed by atoms with Crippen LogP contribution < -0.4 is 15.5 Å². The van der Waals surface area contributed by atoms with Gasteiger partial charge in [0.25, 0.3) is 5.69 Å². The topological polar surface area (TPSA) is 126 Å². The van der Waals surface area contributed by atoms with E-state index in [1.54, 1.807) is 12.1 Å². The number of amides is 1. The number of rotatable bonds is 15. The summed E-state index contributed by atoms with van der Waals surface area (Å²) in [4.78, 5) is 35.6. The van der Waals surface area contributed by atoms with Crippen LogP contribution in [0.3, 0.4) is 0 Å². The average molecular weight is 613 g/mol. The number of non-ortho nitro benzene ring substituents is 1. The van der Waals surface area contributed by atoms with Gasteiger partial charge in [-0.15, -0.1) is 0 Å². The summed E-state index contributed by atoms with van der Waals surface area (Å²) in [6, 6.07) is 12.4. The van der Waals surface area contributed by atoms with E-state index in [-0.39, 0.29) is 23.9 Å². The lowest BCUT2D eigenvalue weighted by atomic mass is 9.78. The first-order valence-electron chi connectivity index (χ1n) is 15.8. The highest BCUT2D eigenvalue weighted by Crippen LogP contribution is 2.36. The van der Waals surface area contributed by atoms with Crippen molar-refractivity contribution in [3.8, 4) is 5.75 Å². The van der Waals surface area contributed by atoms with Crippen LogP contribution in [0, 0.1) is 10.1 Å². The smallest absolute Gasteiger partial charge is 0.424 e. The van der Waals surface area contributed by atoms with Gasteiger partial charge < -0.3 is 24.1 Å². The number of nitrogens with zero attached hydrogens (tertiary/aromatic N) is 1. The third kappa shape index (κ3) is 11.2. The first-order valence-corrected chi connectivity index (χ1v) is 15.8. The number of hydrogen-bond donors (Lipinski definition) is 1. The lowest BCUT2D eigenvalue weighted by Gasteiger charge is -2.32. The molecule has 1 aliphatic heterocycles. The molecule has 0 spiro atoms. The summed E-state index contributed by atoms with van der Waals surface area (Å²) in [5.41, 5.74) is 0.367. The number of carbonyl (C=O) groups excluding carboxylic acids is 2. The molecule has 0 aliphatic carbocycles. The van der Waals surface area contributed by atoms with Gasteiger partial charge >= 0.3 is 13.3 Å². The highest BCUT2D eigenvalue weighted by atomic mass is 16.7. The molecule has 1 unspecified atom stereocenters. The molecule has 2 aromatic rings. The highest BCUT2D eigenvalue weighted by molar-refractivity contribution is 6.62. The molecule has 11 heteroatoms. The Morgan fingerprint density at radius 3 is 1.98 bits per heavy atom. The number of hydrogen-bond acceptors (Lipinski definition) is 8. The van der Waals surface area contributed by atoms with Crippen LogP contribution in [-0.2, 0) is 18.8 Å². The van der Waals surface area contributed by atoms with E-state index >= 15 is 0 Å². The largest absolute Gasteiger partial charge is 0.514 e. The first kappa shape index (κ1) is 36.8. The number of nitro groups is 1. The zero-order chi connectivity index (χ0) is 32.8. The first-order chi connectivity index (χ1) is 20.9. The van der Waals surface area contributed by atoms with Crippen LogP contribution in [0.2, 0.25) is 0 Å². The van der Waals surface area contributed by atoms with Gasteiger partial charge in [-0.3, -0.25) is 14.9 Å². The van der Waals surface area contributed by atoms with Crippen LogP contribution in [0.5, 0.6) is 5.75 Å². The Morgan fingerprint density at radius 1 is 0.886 bits per heavy atom. The molecule has 10 nitrogen and oxygen atoms in total. The van der Waals surface area contributed by atoms with E-state index in [0.29, 0.717) is 12.0 Å². The summed E-state index contributed by atoms with van der Waals surface area (Å²) in [6.45, 7) is 14.2. The maximum atomic E-state index is 12.7. The maximum Gasteiger partial charge on any atom is 0.514 e. The minimum absolute atomic E-state index is 0.0561. The van der Waals surface area contributed by atoms with Crippen molar-refractivity contribution in [3.05, 3.63) is 64.2 Å². The van der Waals surface area contributed by atoms with Crippen LogP contribution in [-0.4, -0.2) is 41.9 Å². The summed E-state index contributed by atoms with van der Waals surface area (Å²) in [5, 5.41) is 13.8. The summed E-state index contributed by atoms with van der Waals surface area (Å²) in [7, 11) is -0.544. The van der Waals surface area contributed by atoms with Gasteiger partial charge in [0, 0.05) is 18.6 Å². The number of carbonyl (C=O) groups is 2. The fourth-order valence-electron chi connectivity index (χ4n) is 4.48. The zero-order valence-electron chi connectivity index (χ0n) is 27.4. The van der Waals surface area contributed by atoms with Crippen molar-refractivity contribution in [1.82, 2.24) is 5.32 Å². The number of nitro benzene ring substituents is 1. The molecule has 0 radical (unpaired) electrons. The van der Waals surface area contributed by atoms with Gasteiger partial charge in [0.1, 0.15) is 11.9 Å². The van der Waals surface area contributed by atoms with Crippen LogP contribution in [0.15, 0.2) is 48.5 Å². The monoisotopic (exact) mass is 612 g/mol. The fourth-order valence-corrected chi connectivity index (χ4v) is 4.48. The van der Waals surface area contributed by atoms with Crippen LogP contribution in [0.25, 0.3) is 0 Å². The summed E-state index contributed by atoms with van der Waals surface area (Å²) < 4.78 is 23.1. The van der Waals surface area contributed by atoms with Crippen molar-refractivity contribution >= 4 is 30.3 Å². The second-order valence-electron chi connectivity index (χ2n) is 11.6. The number of benzene rings is 2. The molecule has 1 N–H and O–H groups in total. The molecule has 0 saturated carbocycles. The normalized spacial score (nSPS) is 15.5. The molecule has 1 saturated heterocycles. The average Bonchev–Trinajstić information content (AvgIpc) is 3.22. The Morgan fingerprint density at radius 2 is 1.43 bits per heavy atom. The Balaban J connectivity index is 0.00000330. The van der Waals surface area contributed by atoms with Crippen LogP contribution in [0.4, 0.5) is 10.5 Å². The molecule has 1 atom stereocenters. The van der Waals surface area contributed by atoms with Gasteiger partial charge in [-0.25, -0.2) is 4.79 Å². The van der Waals surface area contributed by atoms with Gasteiger partial charge in [-0.2, -0.15) is 0 Å².